The van der Waals surface area contributed by atoms with Crippen LogP contribution in [0.1, 0.15) is 25.5 Å². The standard InChI is InChI=1S/C17H22N2O5/c1-4-23-9-10-24-16(20)14-11(2)18-17(21)19-15(14)12-7-5-6-8-13(12)22-3/h5-8,15H,4,9-10H2,1-3H3,(H2,18,19,21). The van der Waals surface area contributed by atoms with Gasteiger partial charge < -0.3 is 24.8 Å². The molecule has 1 aliphatic heterocycles. The Morgan fingerprint density at radius 1 is 1.25 bits per heavy atom. The van der Waals surface area contributed by atoms with Gasteiger partial charge in [0.05, 0.1) is 25.3 Å². The van der Waals surface area contributed by atoms with Gasteiger partial charge >= 0.3 is 12.0 Å². The van der Waals surface area contributed by atoms with Crippen molar-refractivity contribution in [2.24, 2.45) is 0 Å². The van der Waals surface area contributed by atoms with E-state index in [4.69, 9.17) is 14.2 Å². The number of urea groups is 1. The Labute approximate surface area is 141 Å². The number of hydrogen-bond acceptors (Lipinski definition) is 5. The van der Waals surface area contributed by atoms with Crippen molar-refractivity contribution in [3.05, 3.63) is 41.1 Å². The monoisotopic (exact) mass is 334 g/mol. The lowest BCUT2D eigenvalue weighted by Gasteiger charge is -2.29. The average Bonchev–Trinajstić information content (AvgIpc) is 2.57. The minimum atomic E-state index is -0.644. The van der Waals surface area contributed by atoms with Gasteiger partial charge in [-0.1, -0.05) is 18.2 Å². The predicted octanol–water partition coefficient (Wildman–Crippen LogP) is 1.90. The molecule has 1 heterocycles. The average molecular weight is 334 g/mol. The first-order valence-electron chi connectivity index (χ1n) is 7.74. The molecule has 1 aromatic carbocycles. The van der Waals surface area contributed by atoms with Crippen LogP contribution in [0.5, 0.6) is 5.75 Å². The first-order valence-corrected chi connectivity index (χ1v) is 7.74. The van der Waals surface area contributed by atoms with Gasteiger partial charge in [-0.05, 0) is 19.9 Å². The number of methoxy groups -OCH3 is 1. The molecule has 0 aromatic heterocycles. The SMILES string of the molecule is CCOCCOC(=O)C1=C(C)NC(=O)NC1c1ccccc1OC. The molecule has 1 atom stereocenters. The van der Waals surface area contributed by atoms with Gasteiger partial charge in [-0.15, -0.1) is 0 Å². The fourth-order valence-electron chi connectivity index (χ4n) is 2.52. The van der Waals surface area contributed by atoms with E-state index in [1.165, 1.54) is 0 Å². The van der Waals surface area contributed by atoms with Crippen LogP contribution < -0.4 is 15.4 Å². The second kappa shape index (κ2) is 8.35. The van der Waals surface area contributed by atoms with Crippen molar-refractivity contribution in [3.63, 3.8) is 0 Å². The summed E-state index contributed by atoms with van der Waals surface area (Å²) >= 11 is 0. The van der Waals surface area contributed by atoms with Crippen LogP contribution in [0.25, 0.3) is 0 Å². The molecule has 130 valence electrons. The van der Waals surface area contributed by atoms with Gasteiger partial charge in [0.2, 0.25) is 0 Å². The highest BCUT2D eigenvalue weighted by molar-refractivity contribution is 5.95. The number of nitrogens with one attached hydrogen (secondary N) is 2. The molecule has 24 heavy (non-hydrogen) atoms. The number of carbonyl (C=O) groups excluding carboxylic acids is 2. The summed E-state index contributed by atoms with van der Waals surface area (Å²) in [7, 11) is 1.54. The van der Waals surface area contributed by atoms with Crippen molar-refractivity contribution < 1.29 is 23.8 Å². The van der Waals surface area contributed by atoms with E-state index in [-0.39, 0.29) is 12.6 Å². The molecule has 1 aliphatic rings. The minimum Gasteiger partial charge on any atom is -0.496 e. The Hall–Kier alpha value is -2.54. The molecule has 0 fully saturated rings. The van der Waals surface area contributed by atoms with Gasteiger partial charge in [0.25, 0.3) is 0 Å². The smallest absolute Gasteiger partial charge is 0.338 e. The second-order valence-electron chi connectivity index (χ2n) is 5.14. The number of esters is 1. The number of ether oxygens (including phenoxy) is 3. The fraction of sp³-hybridized carbons (Fsp3) is 0.412. The van der Waals surface area contributed by atoms with Crippen LogP contribution in [0.2, 0.25) is 0 Å². The maximum Gasteiger partial charge on any atom is 0.338 e. The van der Waals surface area contributed by atoms with E-state index in [1.807, 2.05) is 19.1 Å². The molecule has 0 saturated carbocycles. The van der Waals surface area contributed by atoms with Crippen LogP contribution in [-0.2, 0) is 14.3 Å². The summed E-state index contributed by atoms with van der Waals surface area (Å²) in [4.78, 5) is 24.3. The van der Waals surface area contributed by atoms with Gasteiger partial charge in [0.1, 0.15) is 12.4 Å². The third-order valence-electron chi connectivity index (χ3n) is 3.60. The number of allylic oxidation sites excluding steroid dienone is 1. The first-order chi connectivity index (χ1) is 11.6. The molecule has 2 N–H and O–H groups in total. The lowest BCUT2D eigenvalue weighted by molar-refractivity contribution is -0.141. The Morgan fingerprint density at radius 3 is 2.71 bits per heavy atom. The molecule has 7 heteroatoms. The maximum atomic E-state index is 12.5. The largest absolute Gasteiger partial charge is 0.496 e. The van der Waals surface area contributed by atoms with Gasteiger partial charge in [-0.25, -0.2) is 9.59 Å². The van der Waals surface area contributed by atoms with Crippen molar-refractivity contribution in [1.82, 2.24) is 10.6 Å². The lowest BCUT2D eigenvalue weighted by atomic mass is 9.95. The third kappa shape index (κ3) is 4.05. The zero-order valence-corrected chi connectivity index (χ0v) is 14.0. The van der Waals surface area contributed by atoms with E-state index < -0.39 is 12.0 Å². The number of benzene rings is 1. The topological polar surface area (TPSA) is 85.9 Å². The Kier molecular flexibility index (Phi) is 6.20. The molecule has 1 unspecified atom stereocenters. The summed E-state index contributed by atoms with van der Waals surface area (Å²) in [6.07, 6.45) is 0. The van der Waals surface area contributed by atoms with E-state index in [9.17, 15) is 9.59 Å². The summed E-state index contributed by atoms with van der Waals surface area (Å²) in [5.41, 5.74) is 1.48. The molecule has 7 nitrogen and oxygen atoms in total. The number of para-hydroxylation sites is 1. The molecular formula is C17H22N2O5. The summed E-state index contributed by atoms with van der Waals surface area (Å²) in [5.74, 6) is 0.0766. The van der Waals surface area contributed by atoms with Crippen LogP contribution in [0.15, 0.2) is 35.5 Å². The highest BCUT2D eigenvalue weighted by Crippen LogP contribution is 2.33. The molecule has 0 aliphatic carbocycles. The van der Waals surface area contributed by atoms with Crippen molar-refractivity contribution in [2.75, 3.05) is 26.9 Å². The summed E-state index contributed by atoms with van der Waals surface area (Å²) in [5, 5.41) is 5.36. The van der Waals surface area contributed by atoms with Gasteiger partial charge in [0.15, 0.2) is 0 Å². The zero-order valence-electron chi connectivity index (χ0n) is 14.0. The normalized spacial score (nSPS) is 17.1. The maximum absolute atomic E-state index is 12.5. The zero-order chi connectivity index (χ0) is 17.5. The fourth-order valence-corrected chi connectivity index (χ4v) is 2.52. The van der Waals surface area contributed by atoms with E-state index in [0.29, 0.717) is 35.8 Å². The summed E-state index contributed by atoms with van der Waals surface area (Å²) in [6, 6.07) is 6.19. The lowest BCUT2D eigenvalue weighted by Crippen LogP contribution is -2.45. The summed E-state index contributed by atoms with van der Waals surface area (Å²) < 4.78 is 15.8. The third-order valence-corrected chi connectivity index (χ3v) is 3.60. The minimum absolute atomic E-state index is 0.149. The van der Waals surface area contributed by atoms with Crippen LogP contribution in [-0.4, -0.2) is 38.9 Å². The number of carbonyl (C=O) groups is 2. The highest BCUT2D eigenvalue weighted by Gasteiger charge is 2.33. The van der Waals surface area contributed by atoms with E-state index in [2.05, 4.69) is 10.6 Å². The Bertz CT molecular complexity index is 642. The van der Waals surface area contributed by atoms with E-state index in [1.54, 1.807) is 26.2 Å². The number of rotatable bonds is 7. The van der Waals surface area contributed by atoms with Crippen LogP contribution >= 0.6 is 0 Å². The molecule has 0 saturated heterocycles. The summed E-state index contributed by atoms with van der Waals surface area (Å²) in [6.45, 7) is 4.57. The molecule has 2 amide bonds. The van der Waals surface area contributed by atoms with Gasteiger partial charge in [-0.2, -0.15) is 0 Å². The predicted molar refractivity (Wildman–Crippen MR) is 87.6 cm³/mol. The first kappa shape index (κ1) is 17.8. The second-order valence-corrected chi connectivity index (χ2v) is 5.14. The number of amides is 2. The Morgan fingerprint density at radius 2 is 2.00 bits per heavy atom. The van der Waals surface area contributed by atoms with Crippen molar-refractivity contribution in [3.8, 4) is 5.75 Å². The van der Waals surface area contributed by atoms with Crippen LogP contribution in [0.4, 0.5) is 4.79 Å². The number of hydrogen-bond donors (Lipinski definition) is 2. The molecule has 0 spiro atoms. The van der Waals surface area contributed by atoms with E-state index in [0.717, 1.165) is 0 Å². The van der Waals surface area contributed by atoms with E-state index >= 15 is 0 Å². The van der Waals surface area contributed by atoms with Crippen molar-refractivity contribution >= 4 is 12.0 Å². The molecule has 2 rings (SSSR count). The quantitative estimate of drug-likeness (QED) is 0.587. The van der Waals surface area contributed by atoms with Crippen molar-refractivity contribution in [2.45, 2.75) is 19.9 Å². The highest BCUT2D eigenvalue weighted by atomic mass is 16.6. The van der Waals surface area contributed by atoms with Crippen LogP contribution in [0.3, 0.4) is 0 Å². The van der Waals surface area contributed by atoms with Crippen molar-refractivity contribution in [1.29, 1.82) is 0 Å². The van der Waals surface area contributed by atoms with Gasteiger partial charge in [0, 0.05) is 17.9 Å². The molecule has 0 radical (unpaired) electrons. The molecule has 0 bridgehead atoms. The van der Waals surface area contributed by atoms with Gasteiger partial charge in [-0.3, -0.25) is 0 Å². The molecule has 1 aromatic rings. The molecular weight excluding hydrogens is 312 g/mol. The van der Waals surface area contributed by atoms with Crippen LogP contribution in [0, 0.1) is 0 Å². The Balaban J connectivity index is 2.28.